The predicted molar refractivity (Wildman–Crippen MR) is 90.9 cm³/mol. The molecule has 0 aromatic rings. The number of allylic oxidation sites excluding steroid dienone is 2. The summed E-state index contributed by atoms with van der Waals surface area (Å²) in [4.78, 5) is 12.0. The number of fused-ring (bicyclic) bond motifs is 3. The van der Waals surface area contributed by atoms with Crippen LogP contribution in [-0.4, -0.2) is 22.3 Å². The Kier molecular flexibility index (Phi) is 3.79. The Morgan fingerprint density at radius 2 is 2.00 bits per heavy atom. The Labute approximate surface area is 139 Å². The van der Waals surface area contributed by atoms with E-state index in [2.05, 4.69) is 26.5 Å². The van der Waals surface area contributed by atoms with Crippen LogP contribution in [0.1, 0.15) is 59.3 Å². The Hall–Kier alpha value is -1.09. The minimum atomic E-state index is -0.710. The van der Waals surface area contributed by atoms with Gasteiger partial charge in [0.05, 0.1) is 11.5 Å². The van der Waals surface area contributed by atoms with Gasteiger partial charge in [-0.25, -0.2) is 0 Å². The number of rotatable bonds is 2. The third kappa shape index (κ3) is 2.31. The zero-order valence-corrected chi connectivity index (χ0v) is 14.6. The van der Waals surface area contributed by atoms with Gasteiger partial charge in [-0.15, -0.1) is 6.58 Å². The van der Waals surface area contributed by atoms with Gasteiger partial charge in [0.15, 0.2) is 0 Å². The van der Waals surface area contributed by atoms with Gasteiger partial charge in [-0.2, -0.15) is 0 Å². The van der Waals surface area contributed by atoms with E-state index in [1.165, 1.54) is 0 Å². The van der Waals surface area contributed by atoms with Crippen LogP contribution in [0.15, 0.2) is 24.3 Å². The van der Waals surface area contributed by atoms with Crippen LogP contribution in [0.3, 0.4) is 0 Å². The van der Waals surface area contributed by atoms with E-state index >= 15 is 0 Å². The van der Waals surface area contributed by atoms with Crippen molar-refractivity contribution in [3.63, 3.8) is 0 Å². The molecule has 2 N–H and O–H groups in total. The molecule has 0 unspecified atom stereocenters. The minimum Gasteiger partial charge on any atom is -0.481 e. The standard InChI is InChI=1S/C20H30O3/c1-5-18(2)10-7-14-13(12-18)15(21)11-16-19(14,3)8-6-9-20(16,4)17(22)23/h5,12,14-16,21H,1,6-11H2,2-4H3,(H,22,23)/t14-,15-,16+,18+,19+,20-/m1/s1. The molecule has 0 radical (unpaired) electrons. The van der Waals surface area contributed by atoms with Crippen molar-refractivity contribution in [2.75, 3.05) is 0 Å². The van der Waals surface area contributed by atoms with Gasteiger partial charge in [0, 0.05) is 5.41 Å². The van der Waals surface area contributed by atoms with E-state index in [0.717, 1.165) is 37.7 Å². The Morgan fingerprint density at radius 3 is 2.61 bits per heavy atom. The number of carboxylic acids is 1. The second-order valence-corrected chi connectivity index (χ2v) is 8.83. The van der Waals surface area contributed by atoms with Gasteiger partial charge in [0.2, 0.25) is 0 Å². The van der Waals surface area contributed by atoms with Crippen LogP contribution in [0, 0.1) is 28.1 Å². The second-order valence-electron chi connectivity index (χ2n) is 8.83. The van der Waals surface area contributed by atoms with Crippen LogP contribution in [0.25, 0.3) is 0 Å². The smallest absolute Gasteiger partial charge is 0.309 e. The molecule has 6 atom stereocenters. The Balaban J connectivity index is 2.05. The molecule has 3 rings (SSSR count). The highest BCUT2D eigenvalue weighted by atomic mass is 16.4. The molecule has 0 aromatic heterocycles. The van der Waals surface area contributed by atoms with Gasteiger partial charge in [-0.3, -0.25) is 4.79 Å². The molecule has 3 aliphatic rings. The maximum absolute atomic E-state index is 12.0. The average Bonchev–Trinajstić information content (AvgIpc) is 2.50. The summed E-state index contributed by atoms with van der Waals surface area (Å²) in [6, 6.07) is 0. The van der Waals surface area contributed by atoms with Crippen LogP contribution in [-0.2, 0) is 4.79 Å². The molecule has 0 aliphatic heterocycles. The average molecular weight is 318 g/mol. The Bertz CT molecular complexity index is 565. The van der Waals surface area contributed by atoms with E-state index < -0.39 is 17.5 Å². The van der Waals surface area contributed by atoms with E-state index in [1.807, 2.05) is 13.0 Å². The van der Waals surface area contributed by atoms with E-state index in [0.29, 0.717) is 12.3 Å². The van der Waals surface area contributed by atoms with Crippen molar-refractivity contribution >= 4 is 5.97 Å². The maximum atomic E-state index is 12.0. The highest BCUT2D eigenvalue weighted by Crippen LogP contribution is 2.63. The number of aliphatic hydroxyl groups is 1. The zero-order valence-electron chi connectivity index (χ0n) is 14.6. The first-order chi connectivity index (χ1) is 10.7. The fourth-order valence-electron chi connectivity index (χ4n) is 5.85. The van der Waals surface area contributed by atoms with Crippen molar-refractivity contribution in [3.05, 3.63) is 24.3 Å². The van der Waals surface area contributed by atoms with Crippen LogP contribution >= 0.6 is 0 Å². The van der Waals surface area contributed by atoms with Crippen molar-refractivity contribution in [1.29, 1.82) is 0 Å². The summed E-state index contributed by atoms with van der Waals surface area (Å²) in [5.41, 5.74) is 0.380. The molecule has 3 aliphatic carbocycles. The van der Waals surface area contributed by atoms with Crippen molar-refractivity contribution in [2.45, 2.75) is 65.4 Å². The number of carbonyl (C=O) groups is 1. The summed E-state index contributed by atoms with van der Waals surface area (Å²) in [7, 11) is 0. The molecule has 0 amide bonds. The number of carboxylic acid groups (broad SMARTS) is 1. The predicted octanol–water partition coefficient (Wildman–Crippen LogP) is 4.18. The molecule has 2 saturated carbocycles. The minimum absolute atomic E-state index is 0.0149. The van der Waals surface area contributed by atoms with Crippen LogP contribution in [0.4, 0.5) is 0 Å². The van der Waals surface area contributed by atoms with Crippen LogP contribution in [0.2, 0.25) is 0 Å². The highest BCUT2D eigenvalue weighted by molar-refractivity contribution is 5.75. The van der Waals surface area contributed by atoms with Crippen LogP contribution < -0.4 is 0 Å². The third-order valence-corrected chi connectivity index (χ3v) is 7.44. The van der Waals surface area contributed by atoms with Crippen molar-refractivity contribution < 1.29 is 15.0 Å². The molecular weight excluding hydrogens is 288 g/mol. The van der Waals surface area contributed by atoms with Crippen molar-refractivity contribution in [3.8, 4) is 0 Å². The summed E-state index contributed by atoms with van der Waals surface area (Å²) in [5.74, 6) is -0.338. The summed E-state index contributed by atoms with van der Waals surface area (Å²) in [5, 5.41) is 20.6. The third-order valence-electron chi connectivity index (χ3n) is 7.44. The SMILES string of the molecule is C=C[C@]1(C)C=C2[C@H](O)C[C@H]3[C@@](C)(CCC[C@@]3(C)C(=O)O)[C@@H]2CC1. The lowest BCUT2D eigenvalue weighted by Crippen LogP contribution is -2.57. The summed E-state index contributed by atoms with van der Waals surface area (Å²) < 4.78 is 0. The molecule has 2 fully saturated rings. The fraction of sp³-hybridized carbons (Fsp3) is 0.750. The quantitative estimate of drug-likeness (QED) is 0.751. The zero-order chi connectivity index (χ0) is 17.0. The topological polar surface area (TPSA) is 57.5 Å². The van der Waals surface area contributed by atoms with E-state index in [9.17, 15) is 15.0 Å². The van der Waals surface area contributed by atoms with Gasteiger partial charge >= 0.3 is 5.97 Å². The van der Waals surface area contributed by atoms with Gasteiger partial charge in [0.1, 0.15) is 0 Å². The van der Waals surface area contributed by atoms with E-state index in [4.69, 9.17) is 0 Å². The first-order valence-corrected chi connectivity index (χ1v) is 8.94. The number of aliphatic carboxylic acids is 1. The number of aliphatic hydroxyl groups excluding tert-OH is 1. The maximum Gasteiger partial charge on any atom is 0.309 e. The van der Waals surface area contributed by atoms with Crippen LogP contribution in [0.5, 0.6) is 0 Å². The molecule has 0 saturated heterocycles. The Morgan fingerprint density at radius 1 is 1.30 bits per heavy atom. The molecule has 3 heteroatoms. The van der Waals surface area contributed by atoms with Crippen molar-refractivity contribution in [1.82, 2.24) is 0 Å². The van der Waals surface area contributed by atoms with Gasteiger partial charge in [-0.1, -0.05) is 32.4 Å². The van der Waals surface area contributed by atoms with Crippen molar-refractivity contribution in [2.24, 2.45) is 28.1 Å². The number of hydrogen-bond donors (Lipinski definition) is 2. The van der Waals surface area contributed by atoms with Gasteiger partial charge < -0.3 is 10.2 Å². The first-order valence-electron chi connectivity index (χ1n) is 8.94. The summed E-state index contributed by atoms with van der Waals surface area (Å²) in [6.07, 6.45) is 9.10. The molecule has 0 heterocycles. The van der Waals surface area contributed by atoms with Gasteiger partial charge in [-0.05, 0) is 61.9 Å². The number of hydrogen-bond acceptors (Lipinski definition) is 2. The normalized spacial score (nSPS) is 49.6. The summed E-state index contributed by atoms with van der Waals surface area (Å²) >= 11 is 0. The summed E-state index contributed by atoms with van der Waals surface area (Å²) in [6.45, 7) is 10.3. The van der Waals surface area contributed by atoms with E-state index in [-0.39, 0.29) is 16.7 Å². The molecule has 0 aromatic carbocycles. The lowest BCUT2D eigenvalue weighted by Gasteiger charge is -2.60. The van der Waals surface area contributed by atoms with Gasteiger partial charge in [0.25, 0.3) is 0 Å². The molecule has 3 nitrogen and oxygen atoms in total. The van der Waals surface area contributed by atoms with E-state index in [1.54, 1.807) is 0 Å². The largest absolute Gasteiger partial charge is 0.481 e. The monoisotopic (exact) mass is 318 g/mol. The first kappa shape index (κ1) is 16.8. The molecule has 23 heavy (non-hydrogen) atoms. The second kappa shape index (κ2) is 5.20. The fourth-order valence-corrected chi connectivity index (χ4v) is 5.85. The molecule has 0 spiro atoms. The molecule has 0 bridgehead atoms. The molecular formula is C20H30O3. The lowest BCUT2D eigenvalue weighted by molar-refractivity contribution is -0.168. The molecule has 128 valence electrons. The lowest BCUT2D eigenvalue weighted by atomic mass is 9.44. The highest BCUT2D eigenvalue weighted by Gasteiger charge is 2.60.